The van der Waals surface area contributed by atoms with Crippen LogP contribution >= 0.6 is 29.1 Å². The quantitative estimate of drug-likeness (QED) is 0.360. The fourth-order valence-electron chi connectivity index (χ4n) is 0.895. The maximum absolute atomic E-state index is 13.1. The maximum atomic E-state index is 13.1. The van der Waals surface area contributed by atoms with Gasteiger partial charge in [-0.15, -0.1) is 0 Å². The second-order valence-corrected chi connectivity index (χ2v) is 5.90. The zero-order valence-corrected chi connectivity index (χ0v) is 9.85. The first-order valence-corrected chi connectivity index (χ1v) is 6.96. The molecule has 0 N–H and O–H groups in total. The highest BCUT2D eigenvalue weighted by Gasteiger charge is 2.30. The highest BCUT2D eigenvalue weighted by Crippen LogP contribution is 2.45. The number of halogens is 6. The Morgan fingerprint density at radius 3 is 2.25 bits per heavy atom. The van der Waals surface area contributed by atoms with E-state index < -0.39 is 24.2 Å². The highest BCUT2D eigenvalue weighted by atomic mass is 35.9. The molecule has 0 aliphatic heterocycles. The van der Waals surface area contributed by atoms with Gasteiger partial charge in [0, 0.05) is 0 Å². The molecule has 16 heavy (non-hydrogen) atoms. The highest BCUT2D eigenvalue weighted by molar-refractivity contribution is 8.07. The van der Waals surface area contributed by atoms with Crippen molar-refractivity contribution in [3.63, 3.8) is 0 Å². The lowest BCUT2D eigenvalue weighted by molar-refractivity contribution is -0.137. The standard InChI is InChI=1S/C9H3Cl2F4P/c10-16(11)4-3-6-1-2-7(5-8(6)12)9(13,14)15/h1-2,5H. The predicted molar refractivity (Wildman–Crippen MR) is 56.9 cm³/mol. The SMILES string of the molecule is Fc1cc(C(F)(F)F)ccc1C#CP(Cl)Cl. The Balaban J connectivity index is 3.07. The Bertz CT molecular complexity index is 445. The first-order valence-electron chi connectivity index (χ1n) is 3.81. The van der Waals surface area contributed by atoms with Crippen LogP contribution < -0.4 is 0 Å². The summed E-state index contributed by atoms with van der Waals surface area (Å²) in [5.74, 6) is 1.21. The molecule has 0 saturated heterocycles. The molecule has 1 aromatic rings. The Kier molecular flexibility index (Phi) is 4.43. The van der Waals surface area contributed by atoms with E-state index in [9.17, 15) is 17.6 Å². The minimum Gasteiger partial charge on any atom is -0.206 e. The molecular weight excluding hydrogens is 286 g/mol. The van der Waals surface area contributed by atoms with Gasteiger partial charge in [-0.3, -0.25) is 0 Å². The zero-order chi connectivity index (χ0) is 12.3. The molecule has 0 aliphatic rings. The normalized spacial score (nSPS) is 11.2. The van der Waals surface area contributed by atoms with Crippen molar-refractivity contribution in [3.05, 3.63) is 35.1 Å². The van der Waals surface area contributed by atoms with Crippen molar-refractivity contribution in [2.24, 2.45) is 0 Å². The van der Waals surface area contributed by atoms with Crippen LogP contribution in [0.4, 0.5) is 17.6 Å². The maximum Gasteiger partial charge on any atom is 0.416 e. The van der Waals surface area contributed by atoms with Gasteiger partial charge >= 0.3 is 6.18 Å². The van der Waals surface area contributed by atoms with Gasteiger partial charge in [-0.2, -0.15) is 13.2 Å². The Morgan fingerprint density at radius 2 is 1.81 bits per heavy atom. The number of benzene rings is 1. The van der Waals surface area contributed by atoms with Crippen LogP contribution in [-0.2, 0) is 6.18 Å². The van der Waals surface area contributed by atoms with Crippen LogP contribution in [0.1, 0.15) is 11.1 Å². The predicted octanol–water partition coefficient (Wildman–Crippen LogP) is 4.94. The van der Waals surface area contributed by atoms with E-state index >= 15 is 0 Å². The molecule has 1 aromatic carbocycles. The summed E-state index contributed by atoms with van der Waals surface area (Å²) in [6.45, 7) is -1.57. The van der Waals surface area contributed by atoms with E-state index in [0.717, 1.165) is 12.1 Å². The number of hydrogen-bond acceptors (Lipinski definition) is 0. The van der Waals surface area contributed by atoms with Crippen LogP contribution in [0, 0.1) is 17.4 Å². The smallest absolute Gasteiger partial charge is 0.206 e. The average molecular weight is 289 g/mol. The lowest BCUT2D eigenvalue weighted by Gasteiger charge is -2.06. The van der Waals surface area contributed by atoms with Crippen LogP contribution in [0.3, 0.4) is 0 Å². The molecule has 0 heterocycles. The minimum absolute atomic E-state index is 0.165. The van der Waals surface area contributed by atoms with E-state index in [1.807, 2.05) is 0 Å². The lowest BCUT2D eigenvalue weighted by Crippen LogP contribution is -2.05. The summed E-state index contributed by atoms with van der Waals surface area (Å²) in [4.78, 5) is 0. The summed E-state index contributed by atoms with van der Waals surface area (Å²) in [5.41, 5.74) is 1.06. The van der Waals surface area contributed by atoms with Crippen LogP contribution in [0.25, 0.3) is 0 Å². The van der Waals surface area contributed by atoms with Gasteiger partial charge < -0.3 is 0 Å². The van der Waals surface area contributed by atoms with Crippen LogP contribution in [-0.4, -0.2) is 0 Å². The van der Waals surface area contributed by atoms with Gasteiger partial charge in [0.05, 0.1) is 11.1 Å². The third kappa shape index (κ3) is 3.83. The van der Waals surface area contributed by atoms with Crippen LogP contribution in [0.2, 0.25) is 0 Å². The number of alkyl halides is 3. The van der Waals surface area contributed by atoms with E-state index in [-0.39, 0.29) is 5.56 Å². The van der Waals surface area contributed by atoms with Gasteiger partial charge in [-0.1, -0.05) is 28.4 Å². The van der Waals surface area contributed by atoms with Gasteiger partial charge in [0.25, 0.3) is 0 Å². The molecule has 0 aliphatic carbocycles. The zero-order valence-electron chi connectivity index (χ0n) is 7.45. The molecule has 0 bridgehead atoms. The second-order valence-electron chi connectivity index (χ2n) is 2.66. The van der Waals surface area contributed by atoms with Crippen molar-refractivity contribution in [2.45, 2.75) is 6.18 Å². The van der Waals surface area contributed by atoms with E-state index in [1.165, 1.54) is 0 Å². The summed E-state index contributed by atoms with van der Waals surface area (Å²) in [6, 6.07) is 2.07. The van der Waals surface area contributed by atoms with Crippen molar-refractivity contribution < 1.29 is 17.6 Å². The van der Waals surface area contributed by atoms with E-state index in [1.54, 1.807) is 0 Å². The van der Waals surface area contributed by atoms with Gasteiger partial charge in [-0.25, -0.2) is 4.39 Å². The molecule has 0 unspecified atom stereocenters. The van der Waals surface area contributed by atoms with Crippen molar-refractivity contribution in [1.82, 2.24) is 0 Å². The number of rotatable bonds is 0. The fraction of sp³-hybridized carbons (Fsp3) is 0.111. The summed E-state index contributed by atoms with van der Waals surface area (Å²) in [7, 11) is 0. The molecule has 86 valence electrons. The van der Waals surface area contributed by atoms with Crippen molar-refractivity contribution >= 4 is 29.1 Å². The molecule has 7 heteroatoms. The fourth-order valence-corrected chi connectivity index (χ4v) is 1.35. The minimum atomic E-state index is -4.57. The molecule has 0 nitrogen and oxygen atoms in total. The molecule has 0 fully saturated rings. The van der Waals surface area contributed by atoms with Crippen molar-refractivity contribution in [2.75, 3.05) is 0 Å². The van der Waals surface area contributed by atoms with Crippen molar-refractivity contribution in [3.8, 4) is 11.6 Å². The van der Waals surface area contributed by atoms with Gasteiger partial charge in [-0.05, 0) is 23.9 Å². The lowest BCUT2D eigenvalue weighted by atomic mass is 10.1. The summed E-state index contributed by atoms with van der Waals surface area (Å²) >= 11 is 10.7. The van der Waals surface area contributed by atoms with Gasteiger partial charge in [0.15, 0.2) is 6.63 Å². The molecule has 0 saturated carbocycles. The largest absolute Gasteiger partial charge is 0.416 e. The van der Waals surface area contributed by atoms with Gasteiger partial charge in [0.1, 0.15) is 5.82 Å². The molecular formula is C9H3Cl2F4P. The van der Waals surface area contributed by atoms with E-state index in [4.69, 9.17) is 22.5 Å². The molecule has 0 radical (unpaired) electrons. The topological polar surface area (TPSA) is 0 Å². The first-order chi connectivity index (χ1) is 7.30. The molecule has 0 atom stereocenters. The second kappa shape index (κ2) is 5.23. The Morgan fingerprint density at radius 1 is 1.19 bits per heavy atom. The first kappa shape index (κ1) is 13.6. The van der Waals surface area contributed by atoms with E-state index in [0.29, 0.717) is 6.07 Å². The Hall–Kier alpha value is -0.490. The summed E-state index contributed by atoms with van der Waals surface area (Å²) in [6.07, 6.45) is -4.57. The summed E-state index contributed by atoms with van der Waals surface area (Å²) < 4.78 is 49.7. The third-order valence-corrected chi connectivity index (χ3v) is 2.36. The van der Waals surface area contributed by atoms with E-state index in [2.05, 4.69) is 11.6 Å². The summed E-state index contributed by atoms with van der Waals surface area (Å²) in [5, 5.41) is 0. The molecule has 0 aromatic heterocycles. The molecule has 1 rings (SSSR count). The van der Waals surface area contributed by atoms with Crippen LogP contribution in [0.15, 0.2) is 18.2 Å². The van der Waals surface area contributed by atoms with Crippen LogP contribution in [0.5, 0.6) is 0 Å². The average Bonchev–Trinajstić information content (AvgIpc) is 2.14. The Labute approximate surface area is 99.9 Å². The molecule has 0 spiro atoms. The number of hydrogen-bond donors (Lipinski definition) is 0. The van der Waals surface area contributed by atoms with Crippen molar-refractivity contribution in [1.29, 1.82) is 0 Å². The molecule has 0 amide bonds. The third-order valence-electron chi connectivity index (χ3n) is 1.57. The van der Waals surface area contributed by atoms with Gasteiger partial charge in [0.2, 0.25) is 0 Å². The monoisotopic (exact) mass is 288 g/mol.